The van der Waals surface area contributed by atoms with Crippen LogP contribution < -0.4 is 5.56 Å². The summed E-state index contributed by atoms with van der Waals surface area (Å²) in [5, 5.41) is 4.03. The van der Waals surface area contributed by atoms with Crippen molar-refractivity contribution in [1.29, 1.82) is 0 Å². The number of rotatable bonds is 6. The number of aromatic nitrogens is 5. The van der Waals surface area contributed by atoms with Gasteiger partial charge in [0.2, 0.25) is 5.89 Å². The average Bonchev–Trinajstić information content (AvgIpc) is 3.20. The smallest absolute Gasteiger partial charge is 0.253 e. The van der Waals surface area contributed by atoms with Gasteiger partial charge < -0.3 is 4.52 Å². The summed E-state index contributed by atoms with van der Waals surface area (Å²) in [5.41, 5.74) is 1.57. The summed E-state index contributed by atoms with van der Waals surface area (Å²) in [6.07, 6.45) is 7.13. The number of piperidine rings is 1. The van der Waals surface area contributed by atoms with Crippen LogP contribution in [-0.2, 0) is 13.1 Å². The molecular weight excluding hydrogens is 368 g/mol. The number of nitrogens with zero attached hydrogens (tertiary/aromatic N) is 6. The van der Waals surface area contributed by atoms with Crippen molar-refractivity contribution in [3.05, 3.63) is 59.0 Å². The molecule has 4 heterocycles. The molecule has 1 aliphatic heterocycles. The van der Waals surface area contributed by atoms with E-state index in [1.54, 1.807) is 29.4 Å². The molecule has 0 bridgehead atoms. The van der Waals surface area contributed by atoms with Crippen LogP contribution in [-0.4, -0.2) is 42.7 Å². The fourth-order valence-corrected chi connectivity index (χ4v) is 3.61. The molecule has 29 heavy (non-hydrogen) atoms. The molecule has 4 rings (SSSR count). The van der Waals surface area contributed by atoms with Crippen LogP contribution in [0.5, 0.6) is 0 Å². The van der Waals surface area contributed by atoms with E-state index in [0.29, 0.717) is 30.6 Å². The summed E-state index contributed by atoms with van der Waals surface area (Å²) in [4.78, 5) is 27.8. The lowest BCUT2D eigenvalue weighted by Gasteiger charge is -2.31. The number of likely N-dealkylation sites (tertiary alicyclic amines) is 1. The molecule has 0 saturated carbocycles. The maximum atomic E-state index is 12.5. The lowest BCUT2D eigenvalue weighted by molar-refractivity contribution is 0.150. The van der Waals surface area contributed by atoms with Crippen molar-refractivity contribution < 1.29 is 4.52 Å². The summed E-state index contributed by atoms with van der Waals surface area (Å²) in [5.74, 6) is 2.18. The molecule has 152 valence electrons. The summed E-state index contributed by atoms with van der Waals surface area (Å²) >= 11 is 0. The third kappa shape index (κ3) is 4.76. The molecule has 0 aromatic carbocycles. The Hall–Kier alpha value is -2.87. The maximum absolute atomic E-state index is 12.5. The Labute approximate surface area is 169 Å². The largest absolute Gasteiger partial charge is 0.338 e. The molecular formula is C21H26N6O2. The monoisotopic (exact) mass is 394 g/mol. The van der Waals surface area contributed by atoms with Gasteiger partial charge in [-0.2, -0.15) is 4.98 Å². The van der Waals surface area contributed by atoms with E-state index < -0.39 is 0 Å². The summed E-state index contributed by atoms with van der Waals surface area (Å²) in [6.45, 7) is 7.42. The summed E-state index contributed by atoms with van der Waals surface area (Å²) in [6, 6.07) is 5.32. The number of hydrogen-bond donors (Lipinski definition) is 0. The highest BCUT2D eigenvalue weighted by Crippen LogP contribution is 2.21. The lowest BCUT2D eigenvalue weighted by Crippen LogP contribution is -2.36. The third-order valence-corrected chi connectivity index (χ3v) is 5.38. The summed E-state index contributed by atoms with van der Waals surface area (Å²) < 4.78 is 7.07. The van der Waals surface area contributed by atoms with Crippen molar-refractivity contribution >= 4 is 0 Å². The molecule has 3 aromatic rings. The SMILES string of the molecule is CC(C)c1noc(CN2CCC(Cn3cnc(-c4ccncc4)cc3=O)CC2)n1. The average molecular weight is 394 g/mol. The Kier molecular flexibility index (Phi) is 5.80. The standard InChI is InChI=1S/C21H26N6O2/c1-15(2)21-24-19(29-25-21)13-26-9-5-16(6-10-26)12-27-14-23-18(11-20(27)28)17-3-7-22-8-4-17/h3-4,7-8,11,14-16H,5-6,9-10,12-13H2,1-2H3. The van der Waals surface area contributed by atoms with Gasteiger partial charge in [0.15, 0.2) is 5.82 Å². The van der Waals surface area contributed by atoms with Gasteiger partial charge in [0, 0.05) is 36.5 Å². The Morgan fingerprint density at radius 2 is 1.97 bits per heavy atom. The normalized spacial score (nSPS) is 15.8. The Morgan fingerprint density at radius 3 is 2.62 bits per heavy atom. The second kappa shape index (κ2) is 8.65. The van der Waals surface area contributed by atoms with E-state index in [1.807, 2.05) is 12.1 Å². The molecule has 0 radical (unpaired) electrons. The van der Waals surface area contributed by atoms with E-state index in [-0.39, 0.29) is 11.5 Å². The van der Waals surface area contributed by atoms with Gasteiger partial charge in [-0.1, -0.05) is 19.0 Å². The number of pyridine rings is 1. The van der Waals surface area contributed by atoms with E-state index in [9.17, 15) is 4.79 Å². The van der Waals surface area contributed by atoms with Crippen molar-refractivity contribution in [3.8, 4) is 11.3 Å². The first-order valence-corrected chi connectivity index (χ1v) is 10.1. The van der Waals surface area contributed by atoms with Gasteiger partial charge in [0.05, 0.1) is 18.6 Å². The van der Waals surface area contributed by atoms with Gasteiger partial charge >= 0.3 is 0 Å². The molecule has 0 aliphatic carbocycles. The van der Waals surface area contributed by atoms with E-state index in [4.69, 9.17) is 4.52 Å². The van der Waals surface area contributed by atoms with Crippen molar-refractivity contribution in [3.63, 3.8) is 0 Å². The predicted molar refractivity (Wildman–Crippen MR) is 108 cm³/mol. The van der Waals surface area contributed by atoms with Crippen LogP contribution in [0.3, 0.4) is 0 Å². The van der Waals surface area contributed by atoms with Crippen LogP contribution in [0, 0.1) is 5.92 Å². The van der Waals surface area contributed by atoms with E-state index >= 15 is 0 Å². The highest BCUT2D eigenvalue weighted by atomic mass is 16.5. The Balaban J connectivity index is 1.32. The molecule has 8 heteroatoms. The second-order valence-corrected chi connectivity index (χ2v) is 7.92. The first-order valence-electron chi connectivity index (χ1n) is 10.1. The van der Waals surface area contributed by atoms with E-state index in [0.717, 1.165) is 37.3 Å². The molecule has 3 aromatic heterocycles. The van der Waals surface area contributed by atoms with Crippen molar-refractivity contribution in [1.82, 2.24) is 29.6 Å². The molecule has 1 fully saturated rings. The molecule has 1 aliphatic rings. The first-order chi connectivity index (χ1) is 14.1. The van der Waals surface area contributed by atoms with Crippen LogP contribution in [0.15, 0.2) is 46.2 Å². The maximum Gasteiger partial charge on any atom is 0.253 e. The van der Waals surface area contributed by atoms with E-state index in [1.165, 1.54) is 0 Å². The van der Waals surface area contributed by atoms with Gasteiger partial charge in [0.1, 0.15) is 0 Å². The van der Waals surface area contributed by atoms with Crippen LogP contribution in [0.4, 0.5) is 0 Å². The van der Waals surface area contributed by atoms with Crippen molar-refractivity contribution in [2.45, 2.75) is 45.7 Å². The Bertz CT molecular complexity index is 990. The third-order valence-electron chi connectivity index (χ3n) is 5.38. The molecule has 0 N–H and O–H groups in total. The molecule has 8 nitrogen and oxygen atoms in total. The molecule has 1 saturated heterocycles. The van der Waals surface area contributed by atoms with Gasteiger partial charge in [-0.05, 0) is 44.0 Å². The van der Waals surface area contributed by atoms with Crippen LogP contribution in [0.25, 0.3) is 11.3 Å². The topological polar surface area (TPSA) is 89.9 Å². The van der Waals surface area contributed by atoms with Gasteiger partial charge in [-0.15, -0.1) is 0 Å². The highest BCUT2D eigenvalue weighted by Gasteiger charge is 2.22. The van der Waals surface area contributed by atoms with Crippen LogP contribution >= 0.6 is 0 Å². The summed E-state index contributed by atoms with van der Waals surface area (Å²) in [7, 11) is 0. The van der Waals surface area contributed by atoms with Gasteiger partial charge in [-0.25, -0.2) is 4.98 Å². The molecule has 0 spiro atoms. The zero-order valence-corrected chi connectivity index (χ0v) is 16.9. The minimum atomic E-state index is -0.0127. The minimum Gasteiger partial charge on any atom is -0.338 e. The van der Waals surface area contributed by atoms with Crippen molar-refractivity contribution in [2.24, 2.45) is 5.92 Å². The quantitative estimate of drug-likeness (QED) is 0.635. The van der Waals surface area contributed by atoms with Crippen LogP contribution in [0.1, 0.15) is 44.3 Å². The minimum absolute atomic E-state index is 0.0127. The Morgan fingerprint density at radius 1 is 1.21 bits per heavy atom. The number of hydrogen-bond acceptors (Lipinski definition) is 7. The van der Waals surface area contributed by atoms with Crippen LogP contribution in [0.2, 0.25) is 0 Å². The fourth-order valence-electron chi connectivity index (χ4n) is 3.61. The predicted octanol–water partition coefficient (Wildman–Crippen LogP) is 2.72. The first kappa shape index (κ1) is 19.4. The molecule has 0 atom stereocenters. The van der Waals surface area contributed by atoms with Gasteiger partial charge in [-0.3, -0.25) is 19.2 Å². The molecule has 0 amide bonds. The zero-order valence-electron chi connectivity index (χ0n) is 16.9. The fraction of sp³-hybridized carbons (Fsp3) is 0.476. The van der Waals surface area contributed by atoms with E-state index in [2.05, 4.69) is 38.9 Å². The van der Waals surface area contributed by atoms with Gasteiger partial charge in [0.25, 0.3) is 5.56 Å². The highest BCUT2D eigenvalue weighted by molar-refractivity contribution is 5.57. The molecule has 0 unspecified atom stereocenters. The lowest BCUT2D eigenvalue weighted by atomic mass is 9.96. The van der Waals surface area contributed by atoms with Crippen molar-refractivity contribution in [2.75, 3.05) is 13.1 Å². The zero-order chi connectivity index (χ0) is 20.2. The second-order valence-electron chi connectivity index (χ2n) is 7.92.